The van der Waals surface area contributed by atoms with Crippen molar-refractivity contribution in [2.24, 2.45) is 5.41 Å². The van der Waals surface area contributed by atoms with Gasteiger partial charge in [0, 0.05) is 0 Å². The molecule has 2 rings (SSSR count). The molecule has 0 atom stereocenters. The number of hydrogen-bond donors (Lipinski definition) is 1. The average Bonchev–Trinajstić information content (AvgIpc) is 2.28. The Morgan fingerprint density at radius 2 is 1.83 bits per heavy atom. The smallest absolute Gasteiger partial charge is 0.119 e. The molecule has 3 nitrogen and oxygen atoms in total. The first-order valence-corrected chi connectivity index (χ1v) is 6.37. The molecule has 1 aliphatic rings. The molecule has 0 bridgehead atoms. The molecular weight excluding hydrogens is 228 g/mol. The van der Waals surface area contributed by atoms with Crippen LogP contribution < -0.4 is 4.74 Å². The first-order chi connectivity index (χ1) is 8.45. The monoisotopic (exact) mass is 250 g/mol. The van der Waals surface area contributed by atoms with Gasteiger partial charge in [0.15, 0.2) is 0 Å². The maximum Gasteiger partial charge on any atom is 0.119 e. The maximum absolute atomic E-state index is 9.31. The van der Waals surface area contributed by atoms with Gasteiger partial charge in [0.25, 0.3) is 0 Å². The SMILES string of the molecule is CC(C)(C)c1ccc(OCC2(CO)COC2)cc1. The van der Waals surface area contributed by atoms with Crippen molar-refractivity contribution >= 4 is 0 Å². The van der Waals surface area contributed by atoms with Crippen LogP contribution in [0.2, 0.25) is 0 Å². The minimum Gasteiger partial charge on any atom is -0.493 e. The molecule has 0 spiro atoms. The first-order valence-electron chi connectivity index (χ1n) is 6.37. The minimum absolute atomic E-state index is 0.118. The van der Waals surface area contributed by atoms with Crippen molar-refractivity contribution in [3.63, 3.8) is 0 Å². The molecule has 0 amide bonds. The quantitative estimate of drug-likeness (QED) is 0.891. The van der Waals surface area contributed by atoms with E-state index in [0.29, 0.717) is 19.8 Å². The van der Waals surface area contributed by atoms with Crippen molar-refractivity contribution in [3.05, 3.63) is 29.8 Å². The molecule has 18 heavy (non-hydrogen) atoms. The van der Waals surface area contributed by atoms with Gasteiger partial charge in [0.1, 0.15) is 12.4 Å². The number of ether oxygens (including phenoxy) is 2. The molecule has 0 aromatic heterocycles. The normalized spacial score (nSPS) is 18.2. The molecule has 1 aliphatic heterocycles. The molecule has 100 valence electrons. The summed E-state index contributed by atoms with van der Waals surface area (Å²) >= 11 is 0. The third-order valence-corrected chi connectivity index (χ3v) is 3.42. The highest BCUT2D eigenvalue weighted by Gasteiger charge is 2.39. The second kappa shape index (κ2) is 4.90. The van der Waals surface area contributed by atoms with E-state index in [-0.39, 0.29) is 17.4 Å². The van der Waals surface area contributed by atoms with E-state index in [4.69, 9.17) is 9.47 Å². The summed E-state index contributed by atoms with van der Waals surface area (Å²) in [6.07, 6.45) is 0. The van der Waals surface area contributed by atoms with Crippen molar-refractivity contribution in [1.82, 2.24) is 0 Å². The lowest BCUT2D eigenvalue weighted by atomic mass is 9.87. The van der Waals surface area contributed by atoms with Crippen LogP contribution in [0.4, 0.5) is 0 Å². The summed E-state index contributed by atoms with van der Waals surface area (Å²) in [5, 5.41) is 9.31. The van der Waals surface area contributed by atoms with Gasteiger partial charge in [-0.2, -0.15) is 0 Å². The number of hydrogen-bond acceptors (Lipinski definition) is 3. The standard InChI is InChI=1S/C15H22O3/c1-14(2,3)12-4-6-13(7-5-12)18-11-15(8-16)9-17-10-15/h4-7,16H,8-11H2,1-3H3. The molecule has 1 fully saturated rings. The van der Waals surface area contributed by atoms with Crippen LogP contribution in [0.1, 0.15) is 26.3 Å². The van der Waals surface area contributed by atoms with Gasteiger partial charge < -0.3 is 14.6 Å². The van der Waals surface area contributed by atoms with Crippen LogP contribution in [-0.2, 0) is 10.2 Å². The Hall–Kier alpha value is -1.06. The average molecular weight is 250 g/mol. The van der Waals surface area contributed by atoms with Crippen molar-refractivity contribution in [2.75, 3.05) is 26.4 Å². The molecule has 0 saturated carbocycles. The minimum atomic E-state index is -0.192. The zero-order valence-corrected chi connectivity index (χ0v) is 11.4. The van der Waals surface area contributed by atoms with Crippen LogP contribution in [0.25, 0.3) is 0 Å². The van der Waals surface area contributed by atoms with Gasteiger partial charge in [0.2, 0.25) is 0 Å². The molecule has 1 saturated heterocycles. The van der Waals surface area contributed by atoms with Crippen molar-refractivity contribution in [3.8, 4) is 5.75 Å². The molecule has 0 unspecified atom stereocenters. The second-order valence-corrected chi connectivity index (χ2v) is 6.21. The van der Waals surface area contributed by atoms with E-state index in [1.807, 2.05) is 12.1 Å². The molecule has 1 aromatic carbocycles. The van der Waals surface area contributed by atoms with Crippen molar-refractivity contribution in [2.45, 2.75) is 26.2 Å². The fourth-order valence-electron chi connectivity index (χ4n) is 1.90. The summed E-state index contributed by atoms with van der Waals surface area (Å²) in [5.41, 5.74) is 1.26. The lowest BCUT2D eigenvalue weighted by Crippen LogP contribution is -2.49. The van der Waals surface area contributed by atoms with E-state index in [9.17, 15) is 5.11 Å². The van der Waals surface area contributed by atoms with E-state index in [0.717, 1.165) is 5.75 Å². The fourth-order valence-corrected chi connectivity index (χ4v) is 1.90. The highest BCUT2D eigenvalue weighted by atomic mass is 16.5. The largest absolute Gasteiger partial charge is 0.493 e. The van der Waals surface area contributed by atoms with Gasteiger partial charge in [-0.15, -0.1) is 0 Å². The van der Waals surface area contributed by atoms with E-state index < -0.39 is 0 Å². The lowest BCUT2D eigenvalue weighted by Gasteiger charge is -2.39. The topological polar surface area (TPSA) is 38.7 Å². The molecule has 3 heteroatoms. The molecule has 0 aliphatic carbocycles. The Morgan fingerprint density at radius 1 is 1.22 bits per heavy atom. The molecule has 1 heterocycles. The van der Waals surface area contributed by atoms with Gasteiger partial charge in [-0.05, 0) is 23.1 Å². The van der Waals surface area contributed by atoms with E-state index in [1.165, 1.54) is 5.56 Å². The summed E-state index contributed by atoms with van der Waals surface area (Å²) in [5.74, 6) is 0.850. The van der Waals surface area contributed by atoms with Gasteiger partial charge in [-0.3, -0.25) is 0 Å². The number of aliphatic hydroxyl groups is 1. The Labute approximate surface area is 109 Å². The Kier molecular flexibility index (Phi) is 3.64. The zero-order chi connectivity index (χ0) is 13.2. The number of benzene rings is 1. The summed E-state index contributed by atoms with van der Waals surface area (Å²) in [7, 11) is 0. The molecular formula is C15H22O3. The summed E-state index contributed by atoms with van der Waals surface area (Å²) in [6.45, 7) is 8.37. The number of rotatable bonds is 4. The fraction of sp³-hybridized carbons (Fsp3) is 0.600. The van der Waals surface area contributed by atoms with Crippen molar-refractivity contribution in [1.29, 1.82) is 0 Å². The maximum atomic E-state index is 9.31. The molecule has 1 N–H and O–H groups in total. The Bertz CT molecular complexity index is 380. The summed E-state index contributed by atoms with van der Waals surface area (Å²) in [6, 6.07) is 8.17. The zero-order valence-electron chi connectivity index (χ0n) is 11.4. The highest BCUT2D eigenvalue weighted by molar-refractivity contribution is 5.31. The van der Waals surface area contributed by atoms with E-state index in [1.54, 1.807) is 0 Å². The number of aliphatic hydroxyl groups excluding tert-OH is 1. The van der Waals surface area contributed by atoms with Crippen LogP contribution >= 0.6 is 0 Å². The summed E-state index contributed by atoms with van der Waals surface area (Å²) < 4.78 is 10.9. The highest BCUT2D eigenvalue weighted by Crippen LogP contribution is 2.29. The van der Waals surface area contributed by atoms with Crippen LogP contribution in [-0.4, -0.2) is 31.5 Å². The third kappa shape index (κ3) is 2.85. The summed E-state index contributed by atoms with van der Waals surface area (Å²) in [4.78, 5) is 0. The van der Waals surface area contributed by atoms with Gasteiger partial charge in [-0.25, -0.2) is 0 Å². The third-order valence-electron chi connectivity index (χ3n) is 3.42. The van der Waals surface area contributed by atoms with Crippen molar-refractivity contribution < 1.29 is 14.6 Å². The molecule has 0 radical (unpaired) electrons. The van der Waals surface area contributed by atoms with Crippen LogP contribution in [0.3, 0.4) is 0 Å². The first kappa shape index (κ1) is 13.4. The van der Waals surface area contributed by atoms with E-state index in [2.05, 4.69) is 32.9 Å². The Morgan fingerprint density at radius 3 is 2.22 bits per heavy atom. The van der Waals surface area contributed by atoms with Gasteiger partial charge in [0.05, 0.1) is 25.2 Å². The Balaban J connectivity index is 1.94. The lowest BCUT2D eigenvalue weighted by molar-refractivity contribution is -0.153. The predicted octanol–water partition coefficient (Wildman–Crippen LogP) is 2.37. The predicted molar refractivity (Wildman–Crippen MR) is 71.0 cm³/mol. The van der Waals surface area contributed by atoms with Crippen LogP contribution in [0.5, 0.6) is 5.75 Å². The van der Waals surface area contributed by atoms with E-state index >= 15 is 0 Å². The second-order valence-electron chi connectivity index (χ2n) is 6.21. The van der Waals surface area contributed by atoms with Gasteiger partial charge >= 0.3 is 0 Å². The van der Waals surface area contributed by atoms with Crippen LogP contribution in [0.15, 0.2) is 24.3 Å². The van der Waals surface area contributed by atoms with Crippen LogP contribution in [0, 0.1) is 5.41 Å². The molecule has 1 aromatic rings. The van der Waals surface area contributed by atoms with Gasteiger partial charge in [-0.1, -0.05) is 32.9 Å².